The van der Waals surface area contributed by atoms with Crippen LogP contribution in [0.2, 0.25) is 5.02 Å². The molecule has 1 rings (SSSR count). The predicted molar refractivity (Wildman–Crippen MR) is 98.8 cm³/mol. The predicted octanol–water partition coefficient (Wildman–Crippen LogP) is 4.04. The van der Waals surface area contributed by atoms with Gasteiger partial charge in [0.25, 0.3) is 0 Å². The third-order valence-corrected chi connectivity index (χ3v) is 5.26. The number of amides is 1. The second kappa shape index (κ2) is 8.41. The van der Waals surface area contributed by atoms with Crippen LogP contribution in [0.4, 0.5) is 0 Å². The lowest BCUT2D eigenvalue weighted by atomic mass is 9.74. The van der Waals surface area contributed by atoms with Crippen LogP contribution >= 0.6 is 11.6 Å². The first-order chi connectivity index (χ1) is 11.5. The van der Waals surface area contributed by atoms with Crippen LogP contribution in [-0.2, 0) is 11.3 Å². The first-order valence-electron chi connectivity index (χ1n) is 8.48. The second-order valence-corrected chi connectivity index (χ2v) is 8.09. The van der Waals surface area contributed by atoms with Crippen LogP contribution in [0.15, 0.2) is 6.07 Å². The molecule has 1 aromatic heterocycles. The zero-order valence-electron chi connectivity index (χ0n) is 15.9. The van der Waals surface area contributed by atoms with Crippen molar-refractivity contribution in [3.05, 3.63) is 22.5 Å². The number of hydrogen-bond donors (Lipinski definition) is 1. The quantitative estimate of drug-likeness (QED) is 0.829. The Labute approximate surface area is 155 Å². The van der Waals surface area contributed by atoms with Crippen molar-refractivity contribution in [2.45, 2.75) is 60.5 Å². The molecule has 1 N–H and O–H groups in total. The van der Waals surface area contributed by atoms with Gasteiger partial charge >= 0.3 is 0 Å². The van der Waals surface area contributed by atoms with Gasteiger partial charge < -0.3 is 9.88 Å². The number of halogens is 1. The molecule has 3 atom stereocenters. The van der Waals surface area contributed by atoms with Crippen LogP contribution < -0.4 is 5.32 Å². The summed E-state index contributed by atoms with van der Waals surface area (Å²) < 4.78 is 1.85. The Hall–Kier alpha value is -1.98. The van der Waals surface area contributed by atoms with Gasteiger partial charge in [-0.2, -0.15) is 10.5 Å². The van der Waals surface area contributed by atoms with E-state index in [1.165, 1.54) is 0 Å². The largest absolute Gasteiger partial charge is 0.352 e. The molecule has 1 aromatic rings. The van der Waals surface area contributed by atoms with Crippen molar-refractivity contribution in [3.8, 4) is 12.1 Å². The van der Waals surface area contributed by atoms with E-state index in [0.29, 0.717) is 23.7 Å². The third-order valence-electron chi connectivity index (χ3n) is 4.88. The molecule has 0 bridgehead atoms. The van der Waals surface area contributed by atoms with Gasteiger partial charge in [0.15, 0.2) is 0 Å². The lowest BCUT2D eigenvalue weighted by Gasteiger charge is -2.30. The summed E-state index contributed by atoms with van der Waals surface area (Å²) in [5, 5.41) is 22.1. The van der Waals surface area contributed by atoms with Crippen molar-refractivity contribution in [1.82, 2.24) is 9.88 Å². The van der Waals surface area contributed by atoms with Gasteiger partial charge in [-0.1, -0.05) is 39.3 Å². The molecule has 0 aliphatic heterocycles. The van der Waals surface area contributed by atoms with Gasteiger partial charge in [-0.15, -0.1) is 0 Å². The molecule has 1 amide bonds. The van der Waals surface area contributed by atoms with Crippen molar-refractivity contribution >= 4 is 17.5 Å². The van der Waals surface area contributed by atoms with Gasteiger partial charge in [0.1, 0.15) is 17.7 Å². The summed E-state index contributed by atoms with van der Waals surface area (Å²) >= 11 is 6.07. The molecular weight excluding hydrogens is 336 g/mol. The molecule has 136 valence electrons. The number of nitrogens with zero attached hydrogens (tertiary/aromatic N) is 3. The summed E-state index contributed by atoms with van der Waals surface area (Å²) in [5.41, 5.74) is 1.23. The third kappa shape index (κ3) is 5.25. The molecule has 0 saturated carbocycles. The first-order valence-corrected chi connectivity index (χ1v) is 8.86. The molecule has 1 heterocycles. The van der Waals surface area contributed by atoms with Crippen molar-refractivity contribution < 1.29 is 4.79 Å². The SMILES string of the molecule is Cc1c(Cl)cc(C#N)n1CCC(C)NC(=O)C(C#N)C(C)C(C)(C)C. The Bertz CT molecular complexity index is 703. The van der Waals surface area contributed by atoms with Gasteiger partial charge in [-0.3, -0.25) is 4.79 Å². The molecule has 0 radical (unpaired) electrons. The molecular formula is C19H27ClN4O. The van der Waals surface area contributed by atoms with Crippen LogP contribution in [0.25, 0.3) is 0 Å². The molecule has 0 aliphatic carbocycles. The van der Waals surface area contributed by atoms with Crippen LogP contribution in [-0.4, -0.2) is 16.5 Å². The summed E-state index contributed by atoms with van der Waals surface area (Å²) in [6.45, 7) is 12.4. The molecule has 0 spiro atoms. The molecule has 25 heavy (non-hydrogen) atoms. The van der Waals surface area contributed by atoms with Crippen molar-refractivity contribution in [2.24, 2.45) is 17.3 Å². The van der Waals surface area contributed by atoms with Crippen LogP contribution in [0.1, 0.15) is 52.4 Å². The number of hydrogen-bond acceptors (Lipinski definition) is 3. The van der Waals surface area contributed by atoms with Crippen LogP contribution in [0.3, 0.4) is 0 Å². The fourth-order valence-corrected chi connectivity index (χ4v) is 2.82. The molecule has 0 saturated heterocycles. The van der Waals surface area contributed by atoms with Crippen molar-refractivity contribution in [1.29, 1.82) is 10.5 Å². The highest BCUT2D eigenvalue weighted by atomic mass is 35.5. The Balaban J connectivity index is 2.71. The second-order valence-electron chi connectivity index (χ2n) is 7.69. The lowest BCUT2D eigenvalue weighted by Crippen LogP contribution is -2.42. The molecule has 0 fully saturated rings. The van der Waals surface area contributed by atoms with E-state index in [2.05, 4.69) is 17.5 Å². The zero-order valence-corrected chi connectivity index (χ0v) is 16.6. The maximum Gasteiger partial charge on any atom is 0.237 e. The van der Waals surface area contributed by atoms with Gasteiger partial charge in [0.05, 0.1) is 11.1 Å². The van der Waals surface area contributed by atoms with E-state index in [1.54, 1.807) is 6.07 Å². The fraction of sp³-hybridized carbons (Fsp3) is 0.632. The maximum atomic E-state index is 12.5. The number of nitriles is 2. The van der Waals surface area contributed by atoms with E-state index in [9.17, 15) is 15.3 Å². The van der Waals surface area contributed by atoms with E-state index in [4.69, 9.17) is 11.6 Å². The standard InChI is InChI=1S/C19H27ClN4O/c1-12(7-8-24-14(3)17(20)9-15(24)10-21)23-18(25)16(11-22)13(2)19(4,5)6/h9,12-13,16H,7-8H2,1-6H3,(H,23,25). The number of rotatable bonds is 6. The van der Waals surface area contributed by atoms with Crippen molar-refractivity contribution in [2.75, 3.05) is 0 Å². The summed E-state index contributed by atoms with van der Waals surface area (Å²) in [4.78, 5) is 12.5. The Morgan fingerprint density at radius 3 is 2.44 bits per heavy atom. The average Bonchev–Trinajstić information content (AvgIpc) is 2.79. The lowest BCUT2D eigenvalue weighted by molar-refractivity contribution is -0.126. The smallest absolute Gasteiger partial charge is 0.237 e. The number of nitrogens with one attached hydrogen (secondary N) is 1. The number of carbonyl (C=O) groups excluding carboxylic acids is 1. The number of carbonyl (C=O) groups is 1. The summed E-state index contributed by atoms with van der Waals surface area (Å²) in [5.74, 6) is -0.972. The van der Waals surface area contributed by atoms with Gasteiger partial charge in [0.2, 0.25) is 5.91 Å². The average molecular weight is 363 g/mol. The molecule has 5 nitrogen and oxygen atoms in total. The highest BCUT2D eigenvalue weighted by Gasteiger charge is 2.33. The Kier molecular flexibility index (Phi) is 7.08. The first kappa shape index (κ1) is 21.1. The molecule has 0 aromatic carbocycles. The fourth-order valence-electron chi connectivity index (χ4n) is 2.62. The minimum atomic E-state index is -0.681. The van der Waals surface area contributed by atoms with Crippen LogP contribution in [0, 0.1) is 46.8 Å². The normalized spacial score (nSPS) is 14.9. The van der Waals surface area contributed by atoms with E-state index in [-0.39, 0.29) is 23.3 Å². The summed E-state index contributed by atoms with van der Waals surface area (Å²) in [6, 6.07) is 5.81. The van der Waals surface area contributed by atoms with Crippen molar-refractivity contribution in [3.63, 3.8) is 0 Å². The maximum absolute atomic E-state index is 12.5. The highest BCUT2D eigenvalue weighted by molar-refractivity contribution is 6.31. The Morgan fingerprint density at radius 1 is 1.36 bits per heavy atom. The van der Waals surface area contributed by atoms with E-state index < -0.39 is 5.92 Å². The monoisotopic (exact) mass is 362 g/mol. The van der Waals surface area contributed by atoms with Gasteiger partial charge in [0, 0.05) is 18.3 Å². The molecule has 6 heteroatoms. The van der Waals surface area contributed by atoms with E-state index in [0.717, 1.165) is 5.69 Å². The highest BCUT2D eigenvalue weighted by Crippen LogP contribution is 2.31. The van der Waals surface area contributed by atoms with E-state index >= 15 is 0 Å². The molecule has 0 aliphatic rings. The van der Waals surface area contributed by atoms with Gasteiger partial charge in [-0.05, 0) is 37.7 Å². The van der Waals surface area contributed by atoms with Gasteiger partial charge in [-0.25, -0.2) is 0 Å². The molecule has 3 unspecified atom stereocenters. The number of aromatic nitrogens is 1. The zero-order chi connectivity index (χ0) is 19.4. The van der Waals surface area contributed by atoms with Crippen LogP contribution in [0.5, 0.6) is 0 Å². The van der Waals surface area contributed by atoms with E-state index in [1.807, 2.05) is 46.1 Å². The Morgan fingerprint density at radius 2 is 1.96 bits per heavy atom. The summed E-state index contributed by atoms with van der Waals surface area (Å²) in [7, 11) is 0. The summed E-state index contributed by atoms with van der Waals surface area (Å²) in [6.07, 6.45) is 0.647. The topological polar surface area (TPSA) is 81.6 Å². The minimum Gasteiger partial charge on any atom is -0.352 e. The minimum absolute atomic E-state index is 0.0552.